The summed E-state index contributed by atoms with van der Waals surface area (Å²) in [6.45, 7) is 3.28. The maximum atomic E-state index is 6.35. The zero-order chi connectivity index (χ0) is 12.4. The molecule has 3 rings (SSSR count). The molecule has 0 aromatic rings. The van der Waals surface area contributed by atoms with Crippen molar-refractivity contribution in [1.82, 2.24) is 0 Å². The summed E-state index contributed by atoms with van der Waals surface area (Å²) in [6, 6.07) is 0. The van der Waals surface area contributed by atoms with Crippen LogP contribution >= 0.6 is 0 Å². The molecule has 104 valence electrons. The lowest BCUT2D eigenvalue weighted by atomic mass is 9.90. The van der Waals surface area contributed by atoms with Crippen LogP contribution < -0.4 is 0 Å². The van der Waals surface area contributed by atoms with Crippen molar-refractivity contribution in [3.8, 4) is 0 Å². The molecule has 0 spiro atoms. The Labute approximate surface area is 111 Å². The van der Waals surface area contributed by atoms with Gasteiger partial charge in [0.25, 0.3) is 0 Å². The van der Waals surface area contributed by atoms with Crippen LogP contribution in [0.5, 0.6) is 0 Å². The first-order chi connectivity index (χ1) is 8.80. The molecule has 0 radical (unpaired) electrons. The van der Waals surface area contributed by atoms with Gasteiger partial charge in [-0.1, -0.05) is 45.4 Å². The molecule has 2 heteroatoms. The van der Waals surface area contributed by atoms with Crippen LogP contribution in [-0.4, -0.2) is 18.5 Å². The maximum Gasteiger partial charge on any atom is 0.171 e. The molecule has 3 saturated heterocycles. The van der Waals surface area contributed by atoms with Gasteiger partial charge >= 0.3 is 0 Å². The van der Waals surface area contributed by atoms with Crippen molar-refractivity contribution in [2.45, 2.75) is 83.0 Å². The van der Waals surface area contributed by atoms with Crippen LogP contribution in [0.1, 0.15) is 71.1 Å². The number of ether oxygens (including phenoxy) is 2. The molecular weight excluding hydrogens is 224 g/mol. The van der Waals surface area contributed by atoms with Gasteiger partial charge in [0.2, 0.25) is 0 Å². The third-order valence-electron chi connectivity index (χ3n) is 5.36. The van der Waals surface area contributed by atoms with Crippen LogP contribution in [0.15, 0.2) is 0 Å². The molecule has 3 aliphatic heterocycles. The maximum absolute atomic E-state index is 6.35. The molecule has 3 bridgehead atoms. The van der Waals surface area contributed by atoms with E-state index in [0.717, 1.165) is 13.0 Å². The van der Waals surface area contributed by atoms with Crippen molar-refractivity contribution in [3.05, 3.63) is 0 Å². The zero-order valence-corrected chi connectivity index (χ0v) is 11.8. The number of hydrogen-bond donors (Lipinski definition) is 0. The Morgan fingerprint density at radius 1 is 0.944 bits per heavy atom. The Balaban J connectivity index is 1.69. The minimum absolute atomic E-state index is 0.199. The molecule has 2 nitrogen and oxygen atoms in total. The Morgan fingerprint density at radius 3 is 2.50 bits per heavy atom. The predicted octanol–water partition coefficient (Wildman–Crippen LogP) is 4.28. The van der Waals surface area contributed by atoms with Gasteiger partial charge in [-0.3, -0.25) is 0 Å². The molecule has 0 saturated carbocycles. The summed E-state index contributed by atoms with van der Waals surface area (Å²) >= 11 is 0. The third kappa shape index (κ3) is 2.46. The lowest BCUT2D eigenvalue weighted by molar-refractivity contribution is -0.293. The standard InChI is InChI=1S/C16H28O2/c1-13-11-15-14-9-7-5-3-2-4-6-8-10-16(13,18-15)17-12-14/h13-15H,2-12H2,1H3/t13?,14-,15-,16+/m1/s1. The highest BCUT2D eigenvalue weighted by atomic mass is 16.7. The molecule has 0 aromatic carbocycles. The van der Waals surface area contributed by atoms with E-state index < -0.39 is 0 Å². The Kier molecular flexibility index (Phi) is 3.95. The summed E-state index contributed by atoms with van der Waals surface area (Å²) in [4.78, 5) is 0. The summed E-state index contributed by atoms with van der Waals surface area (Å²) in [5, 5.41) is 0. The monoisotopic (exact) mass is 252 g/mol. The topological polar surface area (TPSA) is 18.5 Å². The zero-order valence-electron chi connectivity index (χ0n) is 11.8. The minimum Gasteiger partial charge on any atom is -0.349 e. The first kappa shape index (κ1) is 12.9. The van der Waals surface area contributed by atoms with Crippen molar-refractivity contribution < 1.29 is 9.47 Å². The highest BCUT2D eigenvalue weighted by Crippen LogP contribution is 2.47. The van der Waals surface area contributed by atoms with Gasteiger partial charge in [0.15, 0.2) is 5.79 Å². The average molecular weight is 252 g/mol. The normalized spacial score (nSPS) is 46.2. The van der Waals surface area contributed by atoms with Gasteiger partial charge in [-0.2, -0.15) is 0 Å². The van der Waals surface area contributed by atoms with Gasteiger partial charge in [0.05, 0.1) is 12.7 Å². The summed E-state index contributed by atoms with van der Waals surface area (Å²) in [7, 11) is 0. The minimum atomic E-state index is -0.199. The van der Waals surface area contributed by atoms with E-state index in [1.54, 1.807) is 0 Å². The van der Waals surface area contributed by atoms with Gasteiger partial charge in [0.1, 0.15) is 0 Å². The molecule has 0 amide bonds. The van der Waals surface area contributed by atoms with Gasteiger partial charge in [-0.25, -0.2) is 0 Å². The lowest BCUT2D eigenvalue weighted by Crippen LogP contribution is -2.44. The first-order valence-electron chi connectivity index (χ1n) is 8.12. The lowest BCUT2D eigenvalue weighted by Gasteiger charge is -2.39. The smallest absolute Gasteiger partial charge is 0.171 e. The summed E-state index contributed by atoms with van der Waals surface area (Å²) in [6.07, 6.45) is 13.8. The highest BCUT2D eigenvalue weighted by molar-refractivity contribution is 4.94. The van der Waals surface area contributed by atoms with Gasteiger partial charge in [-0.15, -0.1) is 0 Å². The molecule has 0 N–H and O–H groups in total. The molecule has 3 aliphatic rings. The molecule has 3 fully saturated rings. The van der Waals surface area contributed by atoms with Crippen LogP contribution in [0.2, 0.25) is 0 Å². The summed E-state index contributed by atoms with van der Waals surface area (Å²) in [5.74, 6) is 1.06. The quantitative estimate of drug-likeness (QED) is 0.640. The van der Waals surface area contributed by atoms with E-state index >= 15 is 0 Å². The molecule has 1 unspecified atom stereocenters. The van der Waals surface area contributed by atoms with Gasteiger partial charge in [0, 0.05) is 18.3 Å². The molecular formula is C16H28O2. The molecule has 0 aromatic heterocycles. The van der Waals surface area contributed by atoms with Gasteiger partial charge < -0.3 is 9.47 Å². The van der Waals surface area contributed by atoms with E-state index in [4.69, 9.17) is 9.47 Å². The Hall–Kier alpha value is -0.0800. The predicted molar refractivity (Wildman–Crippen MR) is 72.4 cm³/mol. The van der Waals surface area contributed by atoms with E-state index in [2.05, 4.69) is 6.92 Å². The second-order valence-electron chi connectivity index (χ2n) is 6.69. The van der Waals surface area contributed by atoms with Crippen molar-refractivity contribution in [1.29, 1.82) is 0 Å². The van der Waals surface area contributed by atoms with Crippen molar-refractivity contribution in [2.75, 3.05) is 6.61 Å². The van der Waals surface area contributed by atoms with Crippen molar-refractivity contribution in [2.24, 2.45) is 11.8 Å². The van der Waals surface area contributed by atoms with Crippen LogP contribution in [-0.2, 0) is 9.47 Å². The fourth-order valence-electron chi connectivity index (χ4n) is 4.08. The Morgan fingerprint density at radius 2 is 1.67 bits per heavy atom. The fourth-order valence-corrected chi connectivity index (χ4v) is 4.08. The fraction of sp³-hybridized carbons (Fsp3) is 1.00. The van der Waals surface area contributed by atoms with E-state index in [1.807, 2.05) is 0 Å². The molecule has 0 aliphatic carbocycles. The first-order valence-corrected chi connectivity index (χ1v) is 8.12. The Bertz CT molecular complexity index is 274. The number of rotatable bonds is 0. The summed E-state index contributed by atoms with van der Waals surface area (Å²) in [5.41, 5.74) is 0. The van der Waals surface area contributed by atoms with E-state index in [-0.39, 0.29) is 5.79 Å². The van der Waals surface area contributed by atoms with Crippen LogP contribution in [0.4, 0.5) is 0 Å². The number of hydrogen-bond acceptors (Lipinski definition) is 2. The molecule has 4 atom stereocenters. The molecule has 3 heterocycles. The van der Waals surface area contributed by atoms with Crippen molar-refractivity contribution >= 4 is 0 Å². The van der Waals surface area contributed by atoms with Crippen LogP contribution in [0, 0.1) is 11.8 Å². The SMILES string of the molecule is CC1C[C@H]2O[C@@]13CCCCCCCCC[C@@H]2CO3. The van der Waals surface area contributed by atoms with Gasteiger partial charge in [-0.05, 0) is 19.3 Å². The second-order valence-corrected chi connectivity index (χ2v) is 6.69. The third-order valence-corrected chi connectivity index (χ3v) is 5.36. The van der Waals surface area contributed by atoms with E-state index in [0.29, 0.717) is 17.9 Å². The second kappa shape index (κ2) is 5.50. The summed E-state index contributed by atoms with van der Waals surface area (Å²) < 4.78 is 12.6. The van der Waals surface area contributed by atoms with E-state index in [9.17, 15) is 0 Å². The van der Waals surface area contributed by atoms with Crippen LogP contribution in [0.3, 0.4) is 0 Å². The largest absolute Gasteiger partial charge is 0.349 e. The molecule has 18 heavy (non-hydrogen) atoms. The average Bonchev–Trinajstić information content (AvgIpc) is 2.64. The van der Waals surface area contributed by atoms with Crippen LogP contribution in [0.25, 0.3) is 0 Å². The highest BCUT2D eigenvalue weighted by Gasteiger charge is 2.52. The van der Waals surface area contributed by atoms with Crippen molar-refractivity contribution in [3.63, 3.8) is 0 Å². The van der Waals surface area contributed by atoms with E-state index in [1.165, 1.54) is 57.8 Å².